The van der Waals surface area contributed by atoms with Gasteiger partial charge in [0.15, 0.2) is 0 Å². The van der Waals surface area contributed by atoms with E-state index < -0.39 is 0 Å². The molecule has 1 heterocycles. The molecule has 0 aliphatic heterocycles. The summed E-state index contributed by atoms with van der Waals surface area (Å²) >= 11 is 1.25. The van der Waals surface area contributed by atoms with Crippen LogP contribution in [0.2, 0.25) is 0 Å². The summed E-state index contributed by atoms with van der Waals surface area (Å²) in [6.45, 7) is 0. The summed E-state index contributed by atoms with van der Waals surface area (Å²) in [7, 11) is 0. The number of benzene rings is 1. The number of hydrogen-bond donors (Lipinski definition) is 1. The number of amides is 1. The first kappa shape index (κ1) is 16.9. The monoisotopic (exact) mass is 349 g/mol. The lowest BCUT2D eigenvalue weighted by Crippen LogP contribution is -2.35. The zero-order valence-electron chi connectivity index (χ0n) is 13.3. The zero-order chi connectivity index (χ0) is 16.8. The van der Waals surface area contributed by atoms with Crippen molar-refractivity contribution in [2.45, 2.75) is 49.7 Å². The van der Waals surface area contributed by atoms with Gasteiger partial charge in [-0.2, -0.15) is 4.68 Å². The number of halogens is 1. The SMILES string of the molecule is O=C(CSc1nnnn1-c1cccc(F)c1)NC1CCCCCC1. The number of nitrogens with one attached hydrogen (secondary N) is 1. The number of rotatable bonds is 5. The van der Waals surface area contributed by atoms with Gasteiger partial charge in [0, 0.05) is 6.04 Å². The molecule has 1 amide bonds. The number of nitrogens with zero attached hydrogens (tertiary/aromatic N) is 4. The van der Waals surface area contributed by atoms with Crippen molar-refractivity contribution in [3.05, 3.63) is 30.1 Å². The van der Waals surface area contributed by atoms with Crippen LogP contribution in [0.15, 0.2) is 29.4 Å². The molecule has 0 bridgehead atoms. The Balaban J connectivity index is 1.57. The zero-order valence-corrected chi connectivity index (χ0v) is 14.1. The summed E-state index contributed by atoms with van der Waals surface area (Å²) in [5.41, 5.74) is 0.534. The molecule has 0 radical (unpaired) electrons. The highest BCUT2D eigenvalue weighted by Crippen LogP contribution is 2.20. The minimum atomic E-state index is -0.356. The fourth-order valence-electron chi connectivity index (χ4n) is 2.86. The molecule has 24 heavy (non-hydrogen) atoms. The van der Waals surface area contributed by atoms with Gasteiger partial charge in [0.25, 0.3) is 0 Å². The molecule has 8 heteroatoms. The molecule has 2 aromatic rings. The van der Waals surface area contributed by atoms with Crippen LogP contribution in [0.3, 0.4) is 0 Å². The second-order valence-electron chi connectivity index (χ2n) is 5.90. The summed E-state index contributed by atoms with van der Waals surface area (Å²) in [6, 6.07) is 6.31. The van der Waals surface area contributed by atoms with Gasteiger partial charge in [0.2, 0.25) is 11.1 Å². The predicted molar refractivity (Wildman–Crippen MR) is 89.5 cm³/mol. The molecule has 1 aliphatic rings. The van der Waals surface area contributed by atoms with Gasteiger partial charge in [-0.1, -0.05) is 43.5 Å². The van der Waals surface area contributed by atoms with Gasteiger partial charge in [-0.05, 0) is 41.5 Å². The smallest absolute Gasteiger partial charge is 0.230 e. The fourth-order valence-corrected chi connectivity index (χ4v) is 3.56. The van der Waals surface area contributed by atoms with Crippen molar-refractivity contribution in [2.75, 3.05) is 5.75 Å². The summed E-state index contributed by atoms with van der Waals surface area (Å²) in [6.07, 6.45) is 6.97. The van der Waals surface area contributed by atoms with Crippen molar-refractivity contribution in [3.63, 3.8) is 0 Å². The maximum absolute atomic E-state index is 13.3. The van der Waals surface area contributed by atoms with Gasteiger partial charge >= 0.3 is 0 Å². The van der Waals surface area contributed by atoms with E-state index in [4.69, 9.17) is 0 Å². The van der Waals surface area contributed by atoms with E-state index in [1.807, 2.05) is 0 Å². The lowest BCUT2D eigenvalue weighted by Gasteiger charge is -2.15. The van der Waals surface area contributed by atoms with Crippen LogP contribution >= 0.6 is 11.8 Å². The van der Waals surface area contributed by atoms with Gasteiger partial charge in [-0.25, -0.2) is 4.39 Å². The van der Waals surface area contributed by atoms with Gasteiger partial charge in [-0.15, -0.1) is 5.10 Å². The largest absolute Gasteiger partial charge is 0.353 e. The second-order valence-corrected chi connectivity index (χ2v) is 6.84. The van der Waals surface area contributed by atoms with Crippen LogP contribution in [0.1, 0.15) is 38.5 Å². The van der Waals surface area contributed by atoms with Crippen molar-refractivity contribution in [3.8, 4) is 5.69 Å². The minimum Gasteiger partial charge on any atom is -0.353 e. The predicted octanol–water partition coefficient (Wildman–Crippen LogP) is 2.73. The van der Waals surface area contributed by atoms with E-state index in [2.05, 4.69) is 20.8 Å². The van der Waals surface area contributed by atoms with Gasteiger partial charge in [-0.3, -0.25) is 4.79 Å². The van der Waals surface area contributed by atoms with E-state index in [0.717, 1.165) is 12.8 Å². The van der Waals surface area contributed by atoms with Crippen molar-refractivity contribution < 1.29 is 9.18 Å². The van der Waals surface area contributed by atoms with Crippen LogP contribution in [-0.2, 0) is 4.79 Å². The average Bonchev–Trinajstić information content (AvgIpc) is 2.90. The van der Waals surface area contributed by atoms with E-state index >= 15 is 0 Å². The molecule has 1 aliphatic carbocycles. The Kier molecular flexibility index (Phi) is 5.79. The van der Waals surface area contributed by atoms with E-state index in [1.165, 1.54) is 54.3 Å². The fraction of sp³-hybridized carbons (Fsp3) is 0.500. The lowest BCUT2D eigenvalue weighted by molar-refractivity contribution is -0.119. The van der Waals surface area contributed by atoms with Crippen LogP contribution in [0, 0.1) is 5.82 Å². The summed E-state index contributed by atoms with van der Waals surface area (Å²) < 4.78 is 14.8. The normalized spacial score (nSPS) is 15.9. The number of carbonyl (C=O) groups excluding carboxylic acids is 1. The topological polar surface area (TPSA) is 72.7 Å². The third-order valence-electron chi connectivity index (χ3n) is 4.05. The molecule has 128 valence electrons. The molecule has 1 aromatic carbocycles. The molecule has 1 aromatic heterocycles. The molecule has 0 saturated heterocycles. The molecule has 0 atom stereocenters. The van der Waals surface area contributed by atoms with Crippen molar-refractivity contribution >= 4 is 17.7 Å². The molecule has 1 fully saturated rings. The summed E-state index contributed by atoms with van der Waals surface area (Å²) in [5.74, 6) is -0.127. The lowest BCUT2D eigenvalue weighted by atomic mass is 10.1. The van der Waals surface area contributed by atoms with Crippen molar-refractivity contribution in [1.29, 1.82) is 0 Å². The Morgan fingerprint density at radius 1 is 1.29 bits per heavy atom. The Bertz CT molecular complexity index is 685. The Morgan fingerprint density at radius 2 is 2.08 bits per heavy atom. The number of hydrogen-bond acceptors (Lipinski definition) is 5. The third kappa shape index (κ3) is 4.53. The molecular weight excluding hydrogens is 329 g/mol. The van der Waals surface area contributed by atoms with Crippen LogP contribution < -0.4 is 5.32 Å². The number of tetrazole rings is 1. The van der Waals surface area contributed by atoms with Crippen LogP contribution in [0.4, 0.5) is 4.39 Å². The first-order valence-electron chi connectivity index (χ1n) is 8.19. The highest BCUT2D eigenvalue weighted by molar-refractivity contribution is 7.99. The van der Waals surface area contributed by atoms with Gasteiger partial charge in [0.1, 0.15) is 5.82 Å². The Hall–Kier alpha value is -1.96. The van der Waals surface area contributed by atoms with E-state index in [-0.39, 0.29) is 23.5 Å². The third-order valence-corrected chi connectivity index (χ3v) is 4.97. The maximum Gasteiger partial charge on any atom is 0.230 e. The highest BCUT2D eigenvalue weighted by atomic mass is 32.2. The summed E-state index contributed by atoms with van der Waals surface area (Å²) in [5, 5.41) is 15.0. The van der Waals surface area contributed by atoms with E-state index in [1.54, 1.807) is 12.1 Å². The summed E-state index contributed by atoms with van der Waals surface area (Å²) in [4.78, 5) is 12.2. The Labute approximate surface area is 144 Å². The van der Waals surface area contributed by atoms with Crippen LogP contribution in [0.25, 0.3) is 5.69 Å². The van der Waals surface area contributed by atoms with E-state index in [0.29, 0.717) is 10.8 Å². The molecule has 3 rings (SSSR count). The number of aromatic nitrogens is 4. The molecule has 6 nitrogen and oxygen atoms in total. The quantitative estimate of drug-likeness (QED) is 0.664. The highest BCUT2D eigenvalue weighted by Gasteiger charge is 2.16. The van der Waals surface area contributed by atoms with Crippen molar-refractivity contribution in [2.24, 2.45) is 0 Å². The second kappa shape index (κ2) is 8.23. The van der Waals surface area contributed by atoms with Gasteiger partial charge in [0.05, 0.1) is 11.4 Å². The first-order valence-corrected chi connectivity index (χ1v) is 9.17. The molecular formula is C16H20FN5OS. The molecule has 1 N–H and O–H groups in total. The minimum absolute atomic E-state index is 0.0132. The van der Waals surface area contributed by atoms with E-state index in [9.17, 15) is 9.18 Å². The Morgan fingerprint density at radius 3 is 2.83 bits per heavy atom. The number of thioether (sulfide) groups is 1. The molecule has 0 unspecified atom stereocenters. The van der Waals surface area contributed by atoms with Crippen LogP contribution in [0.5, 0.6) is 0 Å². The van der Waals surface area contributed by atoms with Gasteiger partial charge < -0.3 is 5.32 Å². The van der Waals surface area contributed by atoms with Crippen LogP contribution in [-0.4, -0.2) is 37.9 Å². The molecule has 0 spiro atoms. The van der Waals surface area contributed by atoms with Crippen molar-refractivity contribution in [1.82, 2.24) is 25.5 Å². The number of carbonyl (C=O) groups is 1. The standard InChI is InChI=1S/C16H20FN5OS/c17-12-6-5-9-14(10-12)22-16(19-20-21-22)24-11-15(23)18-13-7-3-1-2-4-8-13/h5-6,9-10,13H,1-4,7-8,11H2,(H,18,23). The maximum atomic E-state index is 13.3. The first-order chi connectivity index (χ1) is 11.7. The molecule has 1 saturated carbocycles. The average molecular weight is 349 g/mol.